The standard InChI is InChI=1S/C6H11F3O.C5H13NO/c1-2-3-4-5-10-6(7,8)9;1-2-3-6-4-5-7/h2-5H2,1H3;6-7H,2-5H2,1H3. The average Bonchev–Trinajstić information content (AvgIpc) is 2.25. The molecule has 0 bridgehead atoms. The third kappa shape index (κ3) is 25.7. The smallest absolute Gasteiger partial charge is 0.395 e. The number of hydrogen-bond acceptors (Lipinski definition) is 3. The fourth-order valence-electron chi connectivity index (χ4n) is 0.921. The Morgan fingerprint density at radius 1 is 1.06 bits per heavy atom. The highest BCUT2D eigenvalue weighted by Crippen LogP contribution is 2.16. The van der Waals surface area contributed by atoms with Gasteiger partial charge >= 0.3 is 6.36 Å². The van der Waals surface area contributed by atoms with Crippen LogP contribution < -0.4 is 5.32 Å². The van der Waals surface area contributed by atoms with Crippen molar-refractivity contribution in [2.45, 2.75) is 45.9 Å². The van der Waals surface area contributed by atoms with Gasteiger partial charge in [-0.15, -0.1) is 13.2 Å². The first-order chi connectivity index (χ1) is 7.97. The lowest BCUT2D eigenvalue weighted by molar-refractivity contribution is -0.324. The van der Waals surface area contributed by atoms with Crippen molar-refractivity contribution in [1.82, 2.24) is 5.32 Å². The summed E-state index contributed by atoms with van der Waals surface area (Å²) < 4.78 is 37.3. The molecule has 0 radical (unpaired) electrons. The summed E-state index contributed by atoms with van der Waals surface area (Å²) in [6.45, 7) is 5.81. The highest BCUT2D eigenvalue weighted by molar-refractivity contribution is 4.40. The molecule has 2 N–H and O–H groups in total. The topological polar surface area (TPSA) is 41.5 Å². The summed E-state index contributed by atoms with van der Waals surface area (Å²) >= 11 is 0. The number of aliphatic hydroxyl groups is 1. The summed E-state index contributed by atoms with van der Waals surface area (Å²) in [5.74, 6) is 0. The number of aliphatic hydroxyl groups excluding tert-OH is 1. The van der Waals surface area contributed by atoms with Crippen LogP contribution in [0.25, 0.3) is 0 Å². The van der Waals surface area contributed by atoms with Gasteiger partial charge in [0, 0.05) is 6.54 Å². The molecule has 6 heteroatoms. The van der Waals surface area contributed by atoms with E-state index in [1.54, 1.807) is 0 Å². The molecule has 0 aliphatic carbocycles. The number of ether oxygens (including phenoxy) is 1. The zero-order valence-corrected chi connectivity index (χ0v) is 10.6. The highest BCUT2D eigenvalue weighted by Gasteiger charge is 2.28. The molecule has 0 spiro atoms. The van der Waals surface area contributed by atoms with E-state index in [4.69, 9.17) is 5.11 Å². The van der Waals surface area contributed by atoms with E-state index in [0.29, 0.717) is 6.42 Å². The molecule has 0 aromatic rings. The summed E-state index contributed by atoms with van der Waals surface area (Å²) in [7, 11) is 0. The second-order valence-electron chi connectivity index (χ2n) is 3.47. The van der Waals surface area contributed by atoms with E-state index in [2.05, 4.69) is 17.0 Å². The first-order valence-corrected chi connectivity index (χ1v) is 6.00. The van der Waals surface area contributed by atoms with Gasteiger partial charge in [0.15, 0.2) is 0 Å². The van der Waals surface area contributed by atoms with Gasteiger partial charge in [-0.3, -0.25) is 4.74 Å². The van der Waals surface area contributed by atoms with Crippen LogP contribution in [-0.2, 0) is 4.74 Å². The number of nitrogens with one attached hydrogen (secondary N) is 1. The summed E-state index contributed by atoms with van der Waals surface area (Å²) in [5, 5.41) is 11.3. The van der Waals surface area contributed by atoms with Gasteiger partial charge in [-0.05, 0) is 19.4 Å². The average molecular weight is 259 g/mol. The molecule has 0 atom stereocenters. The maximum atomic E-state index is 11.3. The minimum atomic E-state index is -4.45. The quantitative estimate of drug-likeness (QED) is 0.658. The molecule has 0 saturated carbocycles. The van der Waals surface area contributed by atoms with Crippen molar-refractivity contribution in [2.75, 3.05) is 26.3 Å². The molecular weight excluding hydrogens is 235 g/mol. The van der Waals surface area contributed by atoms with Gasteiger partial charge in [0.05, 0.1) is 13.2 Å². The van der Waals surface area contributed by atoms with Gasteiger partial charge in [0.1, 0.15) is 0 Å². The Morgan fingerprint density at radius 2 is 1.71 bits per heavy atom. The van der Waals surface area contributed by atoms with E-state index in [1.165, 1.54) is 0 Å². The minimum absolute atomic E-state index is 0.211. The van der Waals surface area contributed by atoms with Crippen molar-refractivity contribution < 1.29 is 23.0 Å². The van der Waals surface area contributed by atoms with E-state index in [1.807, 2.05) is 6.92 Å². The summed E-state index contributed by atoms with van der Waals surface area (Å²) in [6, 6.07) is 0. The van der Waals surface area contributed by atoms with Crippen LogP contribution in [-0.4, -0.2) is 37.8 Å². The predicted octanol–water partition coefficient (Wildman–Crippen LogP) is 2.69. The van der Waals surface area contributed by atoms with Crippen LogP contribution in [0.2, 0.25) is 0 Å². The van der Waals surface area contributed by atoms with Gasteiger partial charge in [0.2, 0.25) is 0 Å². The third-order valence-electron chi connectivity index (χ3n) is 1.73. The van der Waals surface area contributed by atoms with Crippen molar-refractivity contribution in [3.63, 3.8) is 0 Å². The fourth-order valence-corrected chi connectivity index (χ4v) is 0.921. The molecule has 0 rings (SSSR count). The summed E-state index contributed by atoms with van der Waals surface area (Å²) in [4.78, 5) is 0. The van der Waals surface area contributed by atoms with Crippen LogP contribution >= 0.6 is 0 Å². The molecule has 106 valence electrons. The number of rotatable bonds is 8. The number of alkyl halides is 3. The van der Waals surface area contributed by atoms with Crippen LogP contribution in [0.3, 0.4) is 0 Å². The van der Waals surface area contributed by atoms with Gasteiger partial charge in [-0.2, -0.15) is 0 Å². The summed E-state index contributed by atoms with van der Waals surface area (Å²) in [5.41, 5.74) is 0. The predicted molar refractivity (Wildman–Crippen MR) is 61.8 cm³/mol. The number of hydrogen-bond donors (Lipinski definition) is 2. The van der Waals surface area contributed by atoms with Gasteiger partial charge < -0.3 is 10.4 Å². The van der Waals surface area contributed by atoms with E-state index in [-0.39, 0.29) is 13.2 Å². The Labute approximate surface area is 101 Å². The van der Waals surface area contributed by atoms with E-state index in [0.717, 1.165) is 32.4 Å². The Morgan fingerprint density at radius 3 is 2.12 bits per heavy atom. The van der Waals surface area contributed by atoms with Crippen LogP contribution in [0, 0.1) is 0 Å². The lowest BCUT2D eigenvalue weighted by Crippen LogP contribution is -2.18. The van der Waals surface area contributed by atoms with E-state index < -0.39 is 6.36 Å². The molecule has 0 aromatic carbocycles. The van der Waals surface area contributed by atoms with Crippen LogP contribution in [0.5, 0.6) is 0 Å². The molecule has 0 heterocycles. The second-order valence-corrected chi connectivity index (χ2v) is 3.47. The molecule has 0 aromatic heterocycles. The monoisotopic (exact) mass is 259 g/mol. The zero-order valence-electron chi connectivity index (χ0n) is 10.6. The lowest BCUT2D eigenvalue weighted by atomic mass is 10.3. The first kappa shape index (κ1) is 19.0. The van der Waals surface area contributed by atoms with Crippen LogP contribution in [0.4, 0.5) is 13.2 Å². The minimum Gasteiger partial charge on any atom is -0.395 e. The second kappa shape index (κ2) is 13.7. The Balaban J connectivity index is 0. The van der Waals surface area contributed by atoms with Gasteiger partial charge in [-0.25, -0.2) is 0 Å². The molecule has 17 heavy (non-hydrogen) atoms. The third-order valence-corrected chi connectivity index (χ3v) is 1.73. The molecule has 3 nitrogen and oxygen atoms in total. The Hall–Kier alpha value is -0.330. The highest BCUT2D eigenvalue weighted by atomic mass is 19.4. The van der Waals surface area contributed by atoms with Crippen molar-refractivity contribution in [3.8, 4) is 0 Å². The zero-order chi connectivity index (χ0) is 13.6. The van der Waals surface area contributed by atoms with E-state index >= 15 is 0 Å². The Bertz CT molecular complexity index is 139. The lowest BCUT2D eigenvalue weighted by Gasteiger charge is -2.05. The molecule has 0 unspecified atom stereocenters. The van der Waals surface area contributed by atoms with Gasteiger partial charge in [0.25, 0.3) is 0 Å². The molecule has 0 fully saturated rings. The van der Waals surface area contributed by atoms with Crippen molar-refractivity contribution >= 4 is 0 Å². The molecule has 0 aliphatic rings. The SMILES string of the molecule is CCCCCOC(F)(F)F.CCCNCCO. The van der Waals surface area contributed by atoms with Gasteiger partial charge in [-0.1, -0.05) is 26.7 Å². The van der Waals surface area contributed by atoms with Crippen molar-refractivity contribution in [3.05, 3.63) is 0 Å². The van der Waals surface area contributed by atoms with E-state index in [9.17, 15) is 13.2 Å². The summed E-state index contributed by atoms with van der Waals surface area (Å²) in [6.07, 6.45) is -1.14. The molecule has 0 aliphatic heterocycles. The normalized spacial score (nSPS) is 10.9. The van der Waals surface area contributed by atoms with Crippen LogP contribution in [0.1, 0.15) is 39.5 Å². The van der Waals surface area contributed by atoms with Crippen molar-refractivity contribution in [1.29, 1.82) is 0 Å². The number of halogens is 3. The van der Waals surface area contributed by atoms with Crippen LogP contribution in [0.15, 0.2) is 0 Å². The Kier molecular flexibility index (Phi) is 15.4. The number of unbranched alkanes of at least 4 members (excludes halogenated alkanes) is 2. The maximum absolute atomic E-state index is 11.3. The fraction of sp³-hybridized carbons (Fsp3) is 1.00. The maximum Gasteiger partial charge on any atom is 0.522 e. The molecule has 0 saturated heterocycles. The molecular formula is C11H24F3NO2. The first-order valence-electron chi connectivity index (χ1n) is 6.00. The molecule has 0 amide bonds. The largest absolute Gasteiger partial charge is 0.522 e. The van der Waals surface area contributed by atoms with Crippen molar-refractivity contribution in [2.24, 2.45) is 0 Å².